The second kappa shape index (κ2) is 5.18. The number of hydrogen-bond donors (Lipinski definition) is 2. The lowest BCUT2D eigenvalue weighted by atomic mass is 10.2. The Labute approximate surface area is 112 Å². The van der Waals surface area contributed by atoms with Gasteiger partial charge in [-0.1, -0.05) is 0 Å². The van der Waals surface area contributed by atoms with E-state index >= 15 is 0 Å². The molecule has 1 aromatic carbocycles. The molecule has 0 bridgehead atoms. The summed E-state index contributed by atoms with van der Waals surface area (Å²) in [5.41, 5.74) is 0.277. The molecule has 0 aliphatic heterocycles. The Morgan fingerprint density at radius 1 is 1.37 bits per heavy atom. The van der Waals surface area contributed by atoms with Crippen LogP contribution in [0.5, 0.6) is 5.75 Å². The van der Waals surface area contributed by atoms with E-state index in [1.54, 1.807) is 0 Å². The molecule has 0 atom stereocenters. The number of rotatable bonds is 5. The van der Waals surface area contributed by atoms with Gasteiger partial charge in [-0.05, 0) is 31.0 Å². The molecule has 6 nitrogen and oxygen atoms in total. The third-order valence-corrected chi connectivity index (χ3v) is 4.38. The van der Waals surface area contributed by atoms with Gasteiger partial charge in [0.25, 0.3) is 5.91 Å². The van der Waals surface area contributed by atoms with Crippen molar-refractivity contribution in [1.82, 2.24) is 10.0 Å². The van der Waals surface area contributed by atoms with Crippen molar-refractivity contribution in [3.8, 4) is 5.75 Å². The van der Waals surface area contributed by atoms with Crippen LogP contribution in [-0.2, 0) is 10.0 Å². The molecule has 0 radical (unpaired) electrons. The number of carbonyl (C=O) groups excluding carboxylic acids is 1. The number of methoxy groups -OCH3 is 1. The molecule has 104 valence electrons. The third kappa shape index (κ3) is 3.05. The molecular formula is C12H16N2O4S. The first-order chi connectivity index (χ1) is 8.97. The minimum absolute atomic E-state index is 0.00151. The van der Waals surface area contributed by atoms with Gasteiger partial charge in [-0.15, -0.1) is 0 Å². The Morgan fingerprint density at radius 2 is 2.05 bits per heavy atom. The quantitative estimate of drug-likeness (QED) is 0.824. The molecule has 2 N–H and O–H groups in total. The molecule has 0 spiro atoms. The summed E-state index contributed by atoms with van der Waals surface area (Å²) in [5.74, 6) is -0.119. The summed E-state index contributed by atoms with van der Waals surface area (Å²) in [5, 5.41) is 2.46. The van der Waals surface area contributed by atoms with Crippen LogP contribution < -0.4 is 14.8 Å². The van der Waals surface area contributed by atoms with Crippen LogP contribution in [-0.4, -0.2) is 34.5 Å². The standard InChI is InChI=1S/C12H16N2O4S/c1-13-12(15)8-3-6-10(18-2)11(7-8)19(16,17)14-9-4-5-9/h3,6-7,9,14H,4-5H2,1-2H3,(H,13,15). The number of ether oxygens (including phenoxy) is 1. The van der Waals surface area contributed by atoms with Crippen LogP contribution in [0.2, 0.25) is 0 Å². The molecule has 1 aromatic rings. The highest BCUT2D eigenvalue weighted by atomic mass is 32.2. The second-order valence-electron chi connectivity index (χ2n) is 4.34. The van der Waals surface area contributed by atoms with Gasteiger partial charge in [-0.3, -0.25) is 4.79 Å². The number of amides is 1. The number of hydrogen-bond acceptors (Lipinski definition) is 4. The van der Waals surface area contributed by atoms with E-state index in [1.165, 1.54) is 32.4 Å². The van der Waals surface area contributed by atoms with Gasteiger partial charge in [0.1, 0.15) is 10.6 Å². The normalized spacial score (nSPS) is 15.1. The zero-order valence-corrected chi connectivity index (χ0v) is 11.6. The Bertz CT molecular complexity index is 594. The predicted octanol–water partition coefficient (Wildman–Crippen LogP) is 0.495. The lowest BCUT2D eigenvalue weighted by Crippen LogP contribution is -2.27. The number of benzene rings is 1. The summed E-state index contributed by atoms with van der Waals surface area (Å²) < 4.78 is 32.0. The summed E-state index contributed by atoms with van der Waals surface area (Å²) in [4.78, 5) is 11.5. The van der Waals surface area contributed by atoms with Gasteiger partial charge >= 0.3 is 0 Å². The monoisotopic (exact) mass is 284 g/mol. The molecular weight excluding hydrogens is 268 g/mol. The van der Waals surface area contributed by atoms with E-state index in [1.807, 2.05) is 0 Å². The molecule has 1 amide bonds. The van der Waals surface area contributed by atoms with Crippen molar-refractivity contribution in [2.24, 2.45) is 0 Å². The average molecular weight is 284 g/mol. The van der Waals surface area contributed by atoms with Crippen molar-refractivity contribution in [2.75, 3.05) is 14.2 Å². The van der Waals surface area contributed by atoms with Crippen molar-refractivity contribution >= 4 is 15.9 Å². The topological polar surface area (TPSA) is 84.5 Å². The highest BCUT2D eigenvalue weighted by Crippen LogP contribution is 2.28. The predicted molar refractivity (Wildman–Crippen MR) is 69.7 cm³/mol. The van der Waals surface area contributed by atoms with E-state index in [0.29, 0.717) is 0 Å². The van der Waals surface area contributed by atoms with Crippen LogP contribution in [0, 0.1) is 0 Å². The van der Waals surface area contributed by atoms with Crippen molar-refractivity contribution in [2.45, 2.75) is 23.8 Å². The number of carbonyl (C=O) groups is 1. The SMILES string of the molecule is CNC(=O)c1ccc(OC)c(S(=O)(=O)NC2CC2)c1. The van der Waals surface area contributed by atoms with Crippen LogP contribution in [0.25, 0.3) is 0 Å². The molecule has 0 saturated heterocycles. The summed E-state index contributed by atoms with van der Waals surface area (Å²) in [6.07, 6.45) is 1.69. The maximum absolute atomic E-state index is 12.2. The van der Waals surface area contributed by atoms with E-state index in [0.717, 1.165) is 12.8 Å². The van der Waals surface area contributed by atoms with Gasteiger partial charge in [0.2, 0.25) is 10.0 Å². The molecule has 1 fully saturated rings. The van der Waals surface area contributed by atoms with Crippen LogP contribution in [0.4, 0.5) is 0 Å². The zero-order valence-electron chi connectivity index (χ0n) is 10.8. The molecule has 1 aliphatic rings. The maximum Gasteiger partial charge on any atom is 0.251 e. The Morgan fingerprint density at radius 3 is 2.58 bits per heavy atom. The molecule has 1 saturated carbocycles. The first-order valence-electron chi connectivity index (χ1n) is 5.90. The maximum atomic E-state index is 12.2. The number of sulfonamides is 1. The van der Waals surface area contributed by atoms with Gasteiger partial charge in [0.05, 0.1) is 7.11 Å². The minimum Gasteiger partial charge on any atom is -0.495 e. The van der Waals surface area contributed by atoms with Gasteiger partial charge in [-0.25, -0.2) is 13.1 Å². The molecule has 19 heavy (non-hydrogen) atoms. The fourth-order valence-electron chi connectivity index (χ4n) is 1.66. The van der Waals surface area contributed by atoms with Crippen LogP contribution >= 0.6 is 0 Å². The Balaban J connectivity index is 2.43. The molecule has 2 rings (SSSR count). The lowest BCUT2D eigenvalue weighted by Gasteiger charge is -2.11. The van der Waals surface area contributed by atoms with E-state index in [2.05, 4.69) is 10.0 Å². The number of nitrogens with one attached hydrogen (secondary N) is 2. The fraction of sp³-hybridized carbons (Fsp3) is 0.417. The van der Waals surface area contributed by atoms with E-state index in [9.17, 15) is 13.2 Å². The van der Waals surface area contributed by atoms with Gasteiger partial charge in [0, 0.05) is 18.7 Å². The second-order valence-corrected chi connectivity index (χ2v) is 6.02. The fourth-order valence-corrected chi connectivity index (χ4v) is 3.16. The van der Waals surface area contributed by atoms with Crippen molar-refractivity contribution in [1.29, 1.82) is 0 Å². The van der Waals surface area contributed by atoms with E-state index in [-0.39, 0.29) is 28.2 Å². The largest absolute Gasteiger partial charge is 0.495 e. The van der Waals surface area contributed by atoms with Crippen molar-refractivity contribution in [3.63, 3.8) is 0 Å². The third-order valence-electron chi connectivity index (χ3n) is 2.84. The van der Waals surface area contributed by atoms with Gasteiger partial charge in [0.15, 0.2) is 0 Å². The Kier molecular flexibility index (Phi) is 3.77. The lowest BCUT2D eigenvalue weighted by molar-refractivity contribution is 0.0963. The molecule has 0 heterocycles. The zero-order chi connectivity index (χ0) is 14.0. The first kappa shape index (κ1) is 13.8. The molecule has 7 heteroatoms. The molecule has 0 aromatic heterocycles. The van der Waals surface area contributed by atoms with Crippen LogP contribution in [0.1, 0.15) is 23.2 Å². The van der Waals surface area contributed by atoms with E-state index in [4.69, 9.17) is 4.74 Å². The van der Waals surface area contributed by atoms with Gasteiger partial charge < -0.3 is 10.1 Å². The average Bonchev–Trinajstić information content (AvgIpc) is 3.20. The minimum atomic E-state index is -3.66. The van der Waals surface area contributed by atoms with Crippen molar-refractivity contribution in [3.05, 3.63) is 23.8 Å². The van der Waals surface area contributed by atoms with E-state index < -0.39 is 10.0 Å². The van der Waals surface area contributed by atoms with Crippen LogP contribution in [0.15, 0.2) is 23.1 Å². The van der Waals surface area contributed by atoms with Crippen LogP contribution in [0.3, 0.4) is 0 Å². The summed E-state index contributed by atoms with van der Waals surface area (Å²) in [6.45, 7) is 0. The molecule has 1 aliphatic carbocycles. The highest BCUT2D eigenvalue weighted by molar-refractivity contribution is 7.89. The van der Waals surface area contributed by atoms with Gasteiger partial charge in [-0.2, -0.15) is 0 Å². The molecule has 0 unspecified atom stereocenters. The summed E-state index contributed by atoms with van der Waals surface area (Å²) in [7, 11) is -0.776. The van der Waals surface area contributed by atoms with Crippen molar-refractivity contribution < 1.29 is 17.9 Å². The first-order valence-corrected chi connectivity index (χ1v) is 7.38. The summed E-state index contributed by atoms with van der Waals surface area (Å²) in [6, 6.07) is 4.32. The Hall–Kier alpha value is -1.60. The highest BCUT2D eigenvalue weighted by Gasteiger charge is 2.30. The summed E-state index contributed by atoms with van der Waals surface area (Å²) >= 11 is 0. The smallest absolute Gasteiger partial charge is 0.251 e.